The zero-order valence-electron chi connectivity index (χ0n) is 12.5. The smallest absolute Gasteiger partial charge is 0.410 e. The summed E-state index contributed by atoms with van der Waals surface area (Å²) < 4.78 is 5.40. The summed E-state index contributed by atoms with van der Waals surface area (Å²) in [6.07, 6.45) is 3.08. The summed E-state index contributed by atoms with van der Waals surface area (Å²) in [6, 6.07) is -0.165. The van der Waals surface area contributed by atoms with E-state index in [1.54, 1.807) is 4.90 Å². The molecule has 1 aliphatic heterocycles. The fraction of sp³-hybridized carbons (Fsp3) is 0.800. The van der Waals surface area contributed by atoms with E-state index in [1.807, 2.05) is 20.8 Å². The van der Waals surface area contributed by atoms with Crippen LogP contribution in [0.2, 0.25) is 0 Å². The fourth-order valence-corrected chi connectivity index (χ4v) is 3.07. The molecular weight excluding hydrogens is 258 g/mol. The third kappa shape index (κ3) is 3.19. The van der Waals surface area contributed by atoms with Crippen molar-refractivity contribution in [3.8, 4) is 0 Å². The number of likely N-dealkylation sites (tertiary alicyclic amines) is 1. The Labute approximate surface area is 119 Å². The number of rotatable bonds is 1. The Hall–Kier alpha value is -1.39. The van der Waals surface area contributed by atoms with Crippen LogP contribution in [0, 0.1) is 5.92 Å². The predicted molar refractivity (Wildman–Crippen MR) is 73.3 cm³/mol. The van der Waals surface area contributed by atoms with E-state index in [0.29, 0.717) is 19.4 Å². The second-order valence-electron chi connectivity index (χ2n) is 6.67. The van der Waals surface area contributed by atoms with E-state index in [9.17, 15) is 14.4 Å². The van der Waals surface area contributed by atoms with E-state index in [4.69, 9.17) is 4.74 Å². The van der Waals surface area contributed by atoms with Crippen LogP contribution in [0.25, 0.3) is 0 Å². The molecule has 5 nitrogen and oxygen atoms in total. The molecule has 2 unspecified atom stereocenters. The van der Waals surface area contributed by atoms with Crippen molar-refractivity contribution >= 4 is 17.7 Å². The van der Waals surface area contributed by atoms with E-state index in [2.05, 4.69) is 0 Å². The zero-order chi connectivity index (χ0) is 14.9. The first-order valence-corrected chi connectivity index (χ1v) is 7.36. The molecular formula is C15H23NO4. The van der Waals surface area contributed by atoms with E-state index >= 15 is 0 Å². The number of nitrogens with zero attached hydrogens (tertiary/aromatic N) is 1. The number of ketones is 2. The lowest BCUT2D eigenvalue weighted by atomic mass is 9.81. The second-order valence-corrected chi connectivity index (χ2v) is 6.67. The van der Waals surface area contributed by atoms with Crippen molar-refractivity contribution in [3.63, 3.8) is 0 Å². The lowest BCUT2D eigenvalue weighted by Crippen LogP contribution is -2.47. The maximum absolute atomic E-state index is 12.2. The molecule has 2 aliphatic rings. The summed E-state index contributed by atoms with van der Waals surface area (Å²) in [7, 11) is 0. The van der Waals surface area contributed by atoms with Gasteiger partial charge in [-0.2, -0.15) is 0 Å². The highest BCUT2D eigenvalue weighted by Gasteiger charge is 2.42. The quantitative estimate of drug-likeness (QED) is 0.692. The number of hydrogen-bond acceptors (Lipinski definition) is 4. The molecule has 0 aromatic heterocycles. The molecule has 0 aromatic rings. The van der Waals surface area contributed by atoms with Gasteiger partial charge in [0.2, 0.25) is 5.78 Å². The minimum Gasteiger partial charge on any atom is -0.444 e. The average molecular weight is 281 g/mol. The van der Waals surface area contributed by atoms with Gasteiger partial charge < -0.3 is 9.64 Å². The van der Waals surface area contributed by atoms with Crippen molar-refractivity contribution in [2.45, 2.75) is 64.5 Å². The lowest BCUT2D eigenvalue weighted by molar-refractivity contribution is -0.142. The summed E-state index contributed by atoms with van der Waals surface area (Å²) in [6.45, 7) is 6.08. The third-order valence-electron chi connectivity index (χ3n) is 3.92. The van der Waals surface area contributed by atoms with Crippen LogP contribution in [0.1, 0.15) is 52.9 Å². The maximum atomic E-state index is 12.2. The number of ether oxygens (including phenoxy) is 1. The molecule has 5 heteroatoms. The molecule has 1 saturated heterocycles. The van der Waals surface area contributed by atoms with Gasteiger partial charge in [0.15, 0.2) is 5.78 Å². The first-order valence-electron chi connectivity index (χ1n) is 7.36. The van der Waals surface area contributed by atoms with Crippen molar-refractivity contribution in [2.75, 3.05) is 6.54 Å². The molecule has 2 rings (SSSR count). The second kappa shape index (κ2) is 5.54. The normalized spacial score (nSPS) is 27.9. The van der Waals surface area contributed by atoms with Crippen LogP contribution < -0.4 is 0 Å². The Morgan fingerprint density at radius 1 is 1.20 bits per heavy atom. The Bertz CT molecular complexity index is 424. The molecule has 1 aliphatic carbocycles. The average Bonchev–Trinajstić information content (AvgIpc) is 2.79. The van der Waals surface area contributed by atoms with Gasteiger partial charge in [-0.05, 0) is 46.5 Å². The summed E-state index contributed by atoms with van der Waals surface area (Å²) in [5.74, 6) is -0.903. The molecule has 20 heavy (non-hydrogen) atoms. The monoisotopic (exact) mass is 281 g/mol. The molecule has 0 aromatic carbocycles. The molecule has 0 bridgehead atoms. The fourth-order valence-electron chi connectivity index (χ4n) is 3.07. The zero-order valence-corrected chi connectivity index (χ0v) is 12.5. The number of carbonyl (C=O) groups excluding carboxylic acids is 3. The lowest BCUT2D eigenvalue weighted by Gasteiger charge is -2.33. The van der Waals surface area contributed by atoms with Crippen LogP contribution in [0.4, 0.5) is 4.79 Å². The molecule has 0 N–H and O–H groups in total. The Balaban J connectivity index is 2.09. The van der Waals surface area contributed by atoms with E-state index in [0.717, 1.165) is 19.3 Å². The van der Waals surface area contributed by atoms with E-state index < -0.39 is 5.60 Å². The van der Waals surface area contributed by atoms with Crippen LogP contribution in [-0.4, -0.2) is 40.7 Å². The van der Waals surface area contributed by atoms with Crippen LogP contribution in [0.3, 0.4) is 0 Å². The standard InChI is InChI=1S/C15H23NO4/c1-15(2,3)20-14(19)16-9-5-7-11(16)10-6-4-8-12(17)13(10)18/h10-11H,4-9H2,1-3H3. The number of amides is 1. The van der Waals surface area contributed by atoms with Crippen LogP contribution in [0.5, 0.6) is 0 Å². The first-order chi connectivity index (χ1) is 9.29. The van der Waals surface area contributed by atoms with Crippen molar-refractivity contribution in [3.05, 3.63) is 0 Å². The summed E-state index contributed by atoms with van der Waals surface area (Å²) >= 11 is 0. The Morgan fingerprint density at radius 3 is 2.55 bits per heavy atom. The molecule has 2 atom stereocenters. The molecule has 0 spiro atoms. The Morgan fingerprint density at radius 2 is 1.90 bits per heavy atom. The largest absolute Gasteiger partial charge is 0.444 e. The minimum absolute atomic E-state index is 0.165. The molecule has 2 fully saturated rings. The number of carbonyl (C=O) groups is 3. The van der Waals surface area contributed by atoms with Gasteiger partial charge in [-0.3, -0.25) is 9.59 Å². The topological polar surface area (TPSA) is 63.7 Å². The third-order valence-corrected chi connectivity index (χ3v) is 3.92. The van der Waals surface area contributed by atoms with Gasteiger partial charge in [0.1, 0.15) is 5.60 Å². The van der Waals surface area contributed by atoms with Gasteiger partial charge in [0.05, 0.1) is 0 Å². The van der Waals surface area contributed by atoms with Crippen molar-refractivity contribution in [1.29, 1.82) is 0 Å². The Kier molecular flexibility index (Phi) is 4.16. The summed E-state index contributed by atoms with van der Waals surface area (Å²) in [5.41, 5.74) is -0.545. The highest BCUT2D eigenvalue weighted by atomic mass is 16.6. The summed E-state index contributed by atoms with van der Waals surface area (Å²) in [5, 5.41) is 0. The van der Waals surface area contributed by atoms with Gasteiger partial charge in [-0.25, -0.2) is 4.79 Å². The summed E-state index contributed by atoms with van der Waals surface area (Å²) in [4.78, 5) is 37.5. The molecule has 1 saturated carbocycles. The number of hydrogen-bond donors (Lipinski definition) is 0. The van der Waals surface area contributed by atoms with E-state index in [1.165, 1.54) is 0 Å². The van der Waals surface area contributed by atoms with Crippen LogP contribution >= 0.6 is 0 Å². The van der Waals surface area contributed by atoms with Gasteiger partial charge >= 0.3 is 6.09 Å². The van der Waals surface area contributed by atoms with Crippen molar-refractivity contribution in [1.82, 2.24) is 4.90 Å². The highest BCUT2D eigenvalue weighted by Crippen LogP contribution is 2.32. The molecule has 1 heterocycles. The minimum atomic E-state index is -0.545. The van der Waals surface area contributed by atoms with Gasteiger partial charge in [0.25, 0.3) is 0 Å². The van der Waals surface area contributed by atoms with Crippen LogP contribution in [-0.2, 0) is 14.3 Å². The SMILES string of the molecule is CC(C)(C)OC(=O)N1CCCC1C1CCCC(=O)C1=O. The van der Waals surface area contributed by atoms with Crippen molar-refractivity contribution < 1.29 is 19.1 Å². The van der Waals surface area contributed by atoms with E-state index in [-0.39, 0.29) is 29.6 Å². The maximum Gasteiger partial charge on any atom is 0.410 e. The molecule has 0 radical (unpaired) electrons. The van der Waals surface area contributed by atoms with Gasteiger partial charge in [-0.15, -0.1) is 0 Å². The number of Topliss-reactive ketones (excluding diaryl/α,β-unsaturated/α-hetero) is 2. The first kappa shape index (κ1) is 15.0. The predicted octanol–water partition coefficient (Wildman–Crippen LogP) is 2.32. The molecule has 112 valence electrons. The highest BCUT2D eigenvalue weighted by molar-refractivity contribution is 6.38. The van der Waals surface area contributed by atoms with Gasteiger partial charge in [0, 0.05) is 24.9 Å². The van der Waals surface area contributed by atoms with Crippen molar-refractivity contribution in [2.24, 2.45) is 5.92 Å². The molecule has 1 amide bonds. The van der Waals surface area contributed by atoms with Crippen LogP contribution in [0.15, 0.2) is 0 Å². The van der Waals surface area contributed by atoms with Gasteiger partial charge in [-0.1, -0.05) is 0 Å².